The molecule has 0 aromatic heterocycles. The predicted octanol–water partition coefficient (Wildman–Crippen LogP) is 5.80. The van der Waals surface area contributed by atoms with Crippen LogP contribution in [0.4, 0.5) is 8.78 Å². The zero-order valence-electron chi connectivity index (χ0n) is 21.7. The molecule has 0 atom stereocenters. The molecule has 0 fully saturated rings. The van der Waals surface area contributed by atoms with Gasteiger partial charge in [0.2, 0.25) is 0 Å². The number of benzene rings is 3. The molecule has 3 aromatic carbocycles. The fourth-order valence-electron chi connectivity index (χ4n) is 4.01. The summed E-state index contributed by atoms with van der Waals surface area (Å²) >= 11 is 1.34. The smallest absolute Gasteiger partial charge is 0.323 e. The minimum absolute atomic E-state index is 0.195. The quantitative estimate of drug-likeness (QED) is 0.275. The third kappa shape index (κ3) is 7.79. The number of aliphatic carboxylic acids is 1. The first-order valence-corrected chi connectivity index (χ1v) is 13.6. The number of hydrogen-bond donors (Lipinski definition) is 1. The Balaban J connectivity index is 1.69. The molecule has 1 amide bonds. The van der Waals surface area contributed by atoms with Gasteiger partial charge in [-0.2, -0.15) is 0 Å². The summed E-state index contributed by atoms with van der Waals surface area (Å²) in [5.41, 5.74) is 2.48. The van der Waals surface area contributed by atoms with E-state index < -0.39 is 17.6 Å². The van der Waals surface area contributed by atoms with E-state index >= 15 is 0 Å². The van der Waals surface area contributed by atoms with Crippen molar-refractivity contribution in [1.82, 2.24) is 9.80 Å². The number of likely N-dealkylation sites (N-methyl/N-ethyl adjacent to an activating group) is 1. The number of hydrogen-bond acceptors (Lipinski definition) is 5. The summed E-state index contributed by atoms with van der Waals surface area (Å²) in [5, 5.41) is 9.31. The van der Waals surface area contributed by atoms with Gasteiger partial charge in [-0.1, -0.05) is 38.1 Å². The minimum atomic E-state index is -1.06. The Kier molecular flexibility index (Phi) is 10.7. The molecule has 0 bridgehead atoms. The molecule has 0 saturated heterocycles. The number of rotatable bonds is 13. The molecule has 0 spiro atoms. The predicted molar refractivity (Wildman–Crippen MR) is 146 cm³/mol. The Bertz CT molecular complexity index is 1250. The topological polar surface area (TPSA) is 70.1 Å². The maximum Gasteiger partial charge on any atom is 0.323 e. The summed E-state index contributed by atoms with van der Waals surface area (Å²) in [6.45, 7) is 6.41. The zero-order valence-corrected chi connectivity index (χ0v) is 22.6. The number of carboxylic acid groups (broad SMARTS) is 1. The van der Waals surface area contributed by atoms with E-state index in [0.717, 1.165) is 24.2 Å². The van der Waals surface area contributed by atoms with E-state index in [1.165, 1.54) is 28.8 Å². The second kappa shape index (κ2) is 13.9. The van der Waals surface area contributed by atoms with Gasteiger partial charge in [0.1, 0.15) is 18.9 Å². The number of ether oxygens (including phenoxy) is 1. The molecule has 0 radical (unpaired) electrons. The SMILES string of the molecule is CCN(CC)CCN(CC(=O)O)C(=O)c1cccc(COc2ccc(-c3cc(F)c(F)cc3SC)cc2)c1. The van der Waals surface area contributed by atoms with E-state index in [4.69, 9.17) is 4.74 Å². The summed E-state index contributed by atoms with van der Waals surface area (Å²) in [6.07, 6.45) is 1.80. The highest BCUT2D eigenvalue weighted by Gasteiger charge is 2.19. The van der Waals surface area contributed by atoms with Crippen molar-refractivity contribution in [3.8, 4) is 16.9 Å². The number of carboxylic acids is 1. The van der Waals surface area contributed by atoms with Crippen molar-refractivity contribution < 1.29 is 28.2 Å². The van der Waals surface area contributed by atoms with Crippen LogP contribution in [0.1, 0.15) is 29.8 Å². The fourth-order valence-corrected chi connectivity index (χ4v) is 4.63. The van der Waals surface area contributed by atoms with Gasteiger partial charge in [-0.15, -0.1) is 11.8 Å². The highest BCUT2D eigenvalue weighted by atomic mass is 32.2. The number of carbonyl (C=O) groups is 2. The summed E-state index contributed by atoms with van der Waals surface area (Å²) in [7, 11) is 0. The molecule has 0 unspecified atom stereocenters. The first-order valence-electron chi connectivity index (χ1n) is 12.3. The largest absolute Gasteiger partial charge is 0.489 e. The zero-order chi connectivity index (χ0) is 27.7. The molecule has 38 heavy (non-hydrogen) atoms. The first-order chi connectivity index (χ1) is 18.2. The van der Waals surface area contributed by atoms with Gasteiger partial charge in [-0.25, -0.2) is 8.78 Å². The Labute approximate surface area is 226 Å². The fraction of sp³-hybridized carbons (Fsp3) is 0.310. The van der Waals surface area contributed by atoms with Crippen LogP contribution in [0, 0.1) is 11.6 Å². The molecule has 3 aromatic rings. The van der Waals surface area contributed by atoms with E-state index in [9.17, 15) is 23.5 Å². The van der Waals surface area contributed by atoms with E-state index in [1.807, 2.05) is 19.9 Å². The normalized spacial score (nSPS) is 11.0. The van der Waals surface area contributed by atoms with Crippen molar-refractivity contribution in [2.45, 2.75) is 25.3 Å². The van der Waals surface area contributed by atoms with Crippen molar-refractivity contribution in [2.24, 2.45) is 0 Å². The van der Waals surface area contributed by atoms with Gasteiger partial charge in [0.05, 0.1) is 0 Å². The molecule has 3 rings (SSSR count). The summed E-state index contributed by atoms with van der Waals surface area (Å²) < 4.78 is 33.3. The van der Waals surface area contributed by atoms with Gasteiger partial charge in [0.25, 0.3) is 5.91 Å². The van der Waals surface area contributed by atoms with Crippen molar-refractivity contribution >= 4 is 23.6 Å². The lowest BCUT2D eigenvalue weighted by Crippen LogP contribution is -2.41. The Morgan fingerprint density at radius 2 is 1.63 bits per heavy atom. The second-order valence-corrected chi connectivity index (χ2v) is 9.48. The van der Waals surface area contributed by atoms with E-state index in [0.29, 0.717) is 34.9 Å². The minimum Gasteiger partial charge on any atom is -0.489 e. The molecule has 9 heteroatoms. The number of nitrogens with zero attached hydrogens (tertiary/aromatic N) is 2. The number of amides is 1. The molecule has 1 N–H and O–H groups in total. The molecule has 0 aliphatic rings. The Morgan fingerprint density at radius 1 is 0.947 bits per heavy atom. The van der Waals surface area contributed by atoms with Crippen molar-refractivity contribution in [3.63, 3.8) is 0 Å². The summed E-state index contributed by atoms with van der Waals surface area (Å²) in [6, 6.07) is 16.4. The highest BCUT2D eigenvalue weighted by Crippen LogP contribution is 2.33. The van der Waals surface area contributed by atoms with E-state index in [2.05, 4.69) is 4.90 Å². The van der Waals surface area contributed by atoms with Gasteiger partial charge in [-0.05, 0) is 72.4 Å². The number of thioether (sulfide) groups is 1. The Hall–Kier alpha value is -3.43. The summed E-state index contributed by atoms with van der Waals surface area (Å²) in [4.78, 5) is 28.6. The molecule has 202 valence electrons. The van der Waals surface area contributed by atoms with Crippen LogP contribution in [0.15, 0.2) is 65.6 Å². The lowest BCUT2D eigenvalue weighted by molar-refractivity contribution is -0.137. The van der Waals surface area contributed by atoms with Crippen LogP contribution in [0.2, 0.25) is 0 Å². The van der Waals surface area contributed by atoms with Crippen LogP contribution in [0.5, 0.6) is 5.75 Å². The van der Waals surface area contributed by atoms with Gasteiger partial charge >= 0.3 is 5.97 Å². The van der Waals surface area contributed by atoms with Gasteiger partial charge in [-0.3, -0.25) is 9.59 Å². The van der Waals surface area contributed by atoms with Crippen LogP contribution >= 0.6 is 11.8 Å². The maximum atomic E-state index is 13.8. The van der Waals surface area contributed by atoms with E-state index in [1.54, 1.807) is 48.7 Å². The standard InChI is InChI=1S/C29H32F2N2O4S/c1-4-32(5-2)13-14-33(18-28(34)35)29(36)22-8-6-7-20(15-22)19-37-23-11-9-21(10-12-23)24-16-25(30)26(31)17-27(24)38-3/h6-12,15-17H,4-5,13-14,18-19H2,1-3H3,(H,34,35). The van der Waals surface area contributed by atoms with Crippen LogP contribution < -0.4 is 4.74 Å². The summed E-state index contributed by atoms with van der Waals surface area (Å²) in [5.74, 6) is -2.61. The molecule has 0 saturated carbocycles. The molecule has 0 heterocycles. The third-order valence-electron chi connectivity index (χ3n) is 6.18. The number of carbonyl (C=O) groups excluding carboxylic acids is 1. The molecule has 0 aliphatic carbocycles. The van der Waals surface area contributed by atoms with Crippen molar-refractivity contribution in [1.29, 1.82) is 0 Å². The molecular weight excluding hydrogens is 510 g/mol. The highest BCUT2D eigenvalue weighted by molar-refractivity contribution is 7.98. The van der Waals surface area contributed by atoms with Crippen molar-refractivity contribution in [3.05, 3.63) is 83.4 Å². The maximum absolute atomic E-state index is 13.8. The van der Waals surface area contributed by atoms with Gasteiger partial charge in [0, 0.05) is 23.5 Å². The van der Waals surface area contributed by atoms with Crippen LogP contribution in [-0.2, 0) is 11.4 Å². The molecule has 6 nitrogen and oxygen atoms in total. The lowest BCUT2D eigenvalue weighted by atomic mass is 10.1. The van der Waals surface area contributed by atoms with Gasteiger partial charge in [0.15, 0.2) is 11.6 Å². The Morgan fingerprint density at radius 3 is 2.26 bits per heavy atom. The number of halogens is 2. The van der Waals surface area contributed by atoms with Crippen LogP contribution in [-0.4, -0.2) is 65.8 Å². The first kappa shape index (κ1) is 29.1. The third-order valence-corrected chi connectivity index (χ3v) is 6.96. The monoisotopic (exact) mass is 542 g/mol. The van der Waals surface area contributed by atoms with Gasteiger partial charge < -0.3 is 19.6 Å². The molecular formula is C29H32F2N2O4S. The van der Waals surface area contributed by atoms with Crippen LogP contribution in [0.3, 0.4) is 0 Å². The lowest BCUT2D eigenvalue weighted by Gasteiger charge is -2.25. The average molecular weight is 543 g/mol. The van der Waals surface area contributed by atoms with Crippen molar-refractivity contribution in [2.75, 3.05) is 39.0 Å². The second-order valence-electron chi connectivity index (χ2n) is 8.63. The average Bonchev–Trinajstić information content (AvgIpc) is 2.93. The van der Waals surface area contributed by atoms with E-state index in [-0.39, 0.29) is 19.1 Å². The van der Waals surface area contributed by atoms with Crippen LogP contribution in [0.25, 0.3) is 11.1 Å². The molecule has 0 aliphatic heterocycles.